The Hall–Kier alpha value is -1.65. The maximum absolute atomic E-state index is 11.5. The third-order valence-corrected chi connectivity index (χ3v) is 1.99. The van der Waals surface area contributed by atoms with Crippen LogP contribution in [-0.2, 0) is 4.79 Å². The first-order chi connectivity index (χ1) is 6.91. The van der Waals surface area contributed by atoms with Crippen LogP contribution in [0, 0.1) is 5.41 Å². The van der Waals surface area contributed by atoms with Gasteiger partial charge in [-0.2, -0.15) is 5.10 Å². The molecule has 0 aliphatic rings. The minimum Gasteiger partial charge on any atom is -0.344 e. The van der Waals surface area contributed by atoms with Gasteiger partial charge < -0.3 is 5.32 Å². The fourth-order valence-electron chi connectivity index (χ4n) is 0.903. The number of nitrogens with one attached hydrogen (secondary N) is 2. The summed E-state index contributed by atoms with van der Waals surface area (Å²) in [5.41, 5.74) is -0.0712. The van der Waals surface area contributed by atoms with Gasteiger partial charge in [0.2, 0.25) is 0 Å². The van der Waals surface area contributed by atoms with Gasteiger partial charge in [-0.15, -0.1) is 0 Å². The number of ketones is 1. The van der Waals surface area contributed by atoms with E-state index >= 15 is 0 Å². The normalized spacial score (nSPS) is 11.1. The average Bonchev–Trinajstić information content (AvgIpc) is 2.64. The minimum atomic E-state index is -0.429. The van der Waals surface area contributed by atoms with Crippen LogP contribution in [0.15, 0.2) is 12.3 Å². The van der Waals surface area contributed by atoms with Crippen LogP contribution in [0.1, 0.15) is 31.3 Å². The average molecular weight is 209 g/mol. The molecule has 0 atom stereocenters. The van der Waals surface area contributed by atoms with Gasteiger partial charge in [0.25, 0.3) is 5.91 Å². The molecule has 5 heteroatoms. The smallest absolute Gasteiger partial charge is 0.269 e. The fraction of sp³-hybridized carbons (Fsp3) is 0.500. The van der Waals surface area contributed by atoms with E-state index in [0.29, 0.717) is 5.69 Å². The molecule has 0 saturated carbocycles. The Morgan fingerprint density at radius 3 is 2.60 bits per heavy atom. The lowest BCUT2D eigenvalue weighted by Crippen LogP contribution is -2.35. The first-order valence-electron chi connectivity index (χ1n) is 4.72. The SMILES string of the molecule is CC(C)(C)C(=O)CNC(=O)c1ccn[nH]1. The molecular weight excluding hydrogens is 194 g/mol. The maximum atomic E-state index is 11.5. The largest absolute Gasteiger partial charge is 0.344 e. The van der Waals surface area contributed by atoms with Crippen LogP contribution >= 0.6 is 0 Å². The summed E-state index contributed by atoms with van der Waals surface area (Å²) in [4.78, 5) is 22.9. The molecule has 1 rings (SSSR count). The Balaban J connectivity index is 2.45. The number of H-pyrrole nitrogens is 1. The van der Waals surface area contributed by atoms with Crippen LogP contribution in [0.5, 0.6) is 0 Å². The van der Waals surface area contributed by atoms with Crippen molar-refractivity contribution in [2.75, 3.05) is 6.54 Å². The molecule has 0 unspecified atom stereocenters. The van der Waals surface area contributed by atoms with Gasteiger partial charge in [-0.3, -0.25) is 14.7 Å². The molecular formula is C10H15N3O2. The molecule has 1 aromatic heterocycles. The van der Waals surface area contributed by atoms with Gasteiger partial charge in [0, 0.05) is 11.6 Å². The Kier molecular flexibility index (Phi) is 3.24. The van der Waals surface area contributed by atoms with E-state index in [1.165, 1.54) is 6.20 Å². The lowest BCUT2D eigenvalue weighted by molar-refractivity contribution is -0.125. The Bertz CT molecular complexity index is 349. The van der Waals surface area contributed by atoms with Crippen molar-refractivity contribution in [3.8, 4) is 0 Å². The molecule has 0 aliphatic carbocycles. The van der Waals surface area contributed by atoms with Crippen molar-refractivity contribution < 1.29 is 9.59 Å². The summed E-state index contributed by atoms with van der Waals surface area (Å²) in [6.45, 7) is 5.49. The number of carbonyl (C=O) groups excluding carboxylic acids is 2. The first-order valence-corrected chi connectivity index (χ1v) is 4.72. The quantitative estimate of drug-likeness (QED) is 0.771. The van der Waals surface area contributed by atoms with E-state index in [-0.39, 0.29) is 18.2 Å². The van der Waals surface area contributed by atoms with Gasteiger partial charge in [0.1, 0.15) is 5.69 Å². The third-order valence-electron chi connectivity index (χ3n) is 1.99. The molecule has 0 spiro atoms. The Morgan fingerprint density at radius 1 is 1.47 bits per heavy atom. The van der Waals surface area contributed by atoms with Gasteiger partial charge in [0.15, 0.2) is 5.78 Å². The number of carbonyl (C=O) groups is 2. The number of nitrogens with zero attached hydrogens (tertiary/aromatic N) is 1. The van der Waals surface area contributed by atoms with Crippen molar-refractivity contribution in [1.82, 2.24) is 15.5 Å². The highest BCUT2D eigenvalue weighted by atomic mass is 16.2. The number of Topliss-reactive ketones (excluding diaryl/α,β-unsaturated/α-hetero) is 1. The molecule has 0 aliphatic heterocycles. The van der Waals surface area contributed by atoms with E-state index in [9.17, 15) is 9.59 Å². The van der Waals surface area contributed by atoms with E-state index < -0.39 is 5.41 Å². The van der Waals surface area contributed by atoms with Crippen LogP contribution in [-0.4, -0.2) is 28.4 Å². The summed E-state index contributed by atoms with van der Waals surface area (Å²) in [6, 6.07) is 1.55. The van der Waals surface area contributed by atoms with Crippen molar-refractivity contribution in [2.24, 2.45) is 5.41 Å². The van der Waals surface area contributed by atoms with Crippen LogP contribution in [0.4, 0.5) is 0 Å². The van der Waals surface area contributed by atoms with Gasteiger partial charge in [-0.25, -0.2) is 0 Å². The van der Waals surface area contributed by atoms with E-state index in [1.54, 1.807) is 6.07 Å². The third kappa shape index (κ3) is 3.19. The molecule has 1 aromatic rings. The standard InChI is InChI=1S/C10H15N3O2/c1-10(2,3)8(14)6-11-9(15)7-4-5-12-13-7/h4-5H,6H2,1-3H3,(H,11,15)(H,12,13). The molecule has 1 amide bonds. The number of rotatable bonds is 3. The highest BCUT2D eigenvalue weighted by Crippen LogP contribution is 2.13. The Morgan fingerprint density at radius 2 is 2.13 bits per heavy atom. The number of aromatic amines is 1. The summed E-state index contributed by atoms with van der Waals surface area (Å²) >= 11 is 0. The monoisotopic (exact) mass is 209 g/mol. The van der Waals surface area contributed by atoms with Gasteiger partial charge in [-0.1, -0.05) is 20.8 Å². The molecule has 1 heterocycles. The molecule has 0 radical (unpaired) electrons. The van der Waals surface area contributed by atoms with Crippen molar-refractivity contribution in [2.45, 2.75) is 20.8 Å². The fourth-order valence-corrected chi connectivity index (χ4v) is 0.903. The zero-order chi connectivity index (χ0) is 11.5. The van der Waals surface area contributed by atoms with Gasteiger partial charge in [-0.05, 0) is 6.07 Å². The molecule has 0 saturated heterocycles. The lowest BCUT2D eigenvalue weighted by Gasteiger charge is -2.16. The zero-order valence-electron chi connectivity index (χ0n) is 9.13. The predicted octanol–water partition coefficient (Wildman–Crippen LogP) is 0.755. The zero-order valence-corrected chi connectivity index (χ0v) is 9.13. The second-order valence-corrected chi connectivity index (χ2v) is 4.33. The predicted molar refractivity (Wildman–Crippen MR) is 55.4 cm³/mol. The molecule has 82 valence electrons. The molecule has 15 heavy (non-hydrogen) atoms. The highest BCUT2D eigenvalue weighted by molar-refractivity contribution is 5.96. The summed E-state index contributed by atoms with van der Waals surface area (Å²) in [6.07, 6.45) is 1.49. The molecule has 0 aromatic carbocycles. The highest BCUT2D eigenvalue weighted by Gasteiger charge is 2.21. The van der Waals surface area contributed by atoms with Crippen molar-refractivity contribution >= 4 is 11.7 Å². The van der Waals surface area contributed by atoms with E-state index in [0.717, 1.165) is 0 Å². The number of hydrogen-bond donors (Lipinski definition) is 2. The van der Waals surface area contributed by atoms with Crippen molar-refractivity contribution in [3.63, 3.8) is 0 Å². The molecule has 0 fully saturated rings. The lowest BCUT2D eigenvalue weighted by atomic mass is 9.91. The van der Waals surface area contributed by atoms with Crippen LogP contribution in [0.25, 0.3) is 0 Å². The van der Waals surface area contributed by atoms with Crippen LogP contribution < -0.4 is 5.32 Å². The van der Waals surface area contributed by atoms with Crippen molar-refractivity contribution in [1.29, 1.82) is 0 Å². The topological polar surface area (TPSA) is 74.8 Å². The molecule has 5 nitrogen and oxygen atoms in total. The van der Waals surface area contributed by atoms with E-state index in [4.69, 9.17) is 0 Å². The number of hydrogen-bond acceptors (Lipinski definition) is 3. The summed E-state index contributed by atoms with van der Waals surface area (Å²) in [5.74, 6) is -0.319. The van der Waals surface area contributed by atoms with Gasteiger partial charge in [0.05, 0.1) is 6.54 Å². The number of amides is 1. The summed E-state index contributed by atoms with van der Waals surface area (Å²) in [5, 5.41) is 8.71. The summed E-state index contributed by atoms with van der Waals surface area (Å²) < 4.78 is 0. The summed E-state index contributed by atoms with van der Waals surface area (Å²) in [7, 11) is 0. The van der Waals surface area contributed by atoms with E-state index in [2.05, 4.69) is 15.5 Å². The number of aromatic nitrogens is 2. The second kappa shape index (κ2) is 4.25. The van der Waals surface area contributed by atoms with Crippen LogP contribution in [0.2, 0.25) is 0 Å². The molecule has 0 bridgehead atoms. The first kappa shape index (κ1) is 11.4. The minimum absolute atomic E-state index is 0.00429. The van der Waals surface area contributed by atoms with Crippen LogP contribution in [0.3, 0.4) is 0 Å². The van der Waals surface area contributed by atoms with Gasteiger partial charge >= 0.3 is 0 Å². The van der Waals surface area contributed by atoms with E-state index in [1.807, 2.05) is 20.8 Å². The molecule has 2 N–H and O–H groups in total. The second-order valence-electron chi connectivity index (χ2n) is 4.33. The Labute approximate surface area is 88.3 Å². The van der Waals surface area contributed by atoms with Crippen molar-refractivity contribution in [3.05, 3.63) is 18.0 Å². The maximum Gasteiger partial charge on any atom is 0.269 e.